The Balaban J connectivity index is 2.57. The van der Waals surface area contributed by atoms with Crippen molar-refractivity contribution in [2.24, 2.45) is 0 Å². The first-order valence-electron chi connectivity index (χ1n) is 7.58. The predicted molar refractivity (Wildman–Crippen MR) is 87.9 cm³/mol. The molecule has 24 heavy (non-hydrogen) atoms. The van der Waals surface area contributed by atoms with Crippen molar-refractivity contribution in [2.45, 2.75) is 19.9 Å². The molecule has 2 rings (SSSR count). The third-order valence-electron chi connectivity index (χ3n) is 4.00. The molecule has 7 nitrogen and oxygen atoms in total. The number of esters is 1. The number of hydrogen-bond donors (Lipinski definition) is 1. The highest BCUT2D eigenvalue weighted by molar-refractivity contribution is 5.95. The molecule has 7 heteroatoms. The number of urea groups is 1. The van der Waals surface area contributed by atoms with Gasteiger partial charge in [-0.3, -0.25) is 0 Å². The van der Waals surface area contributed by atoms with Crippen LogP contribution < -0.4 is 14.8 Å². The SMILES string of the molecule is CCOC(=O)C1=C(C)N(C)C(=O)N[C@@H]1c1ccc(OC)cc1OC. The van der Waals surface area contributed by atoms with Gasteiger partial charge in [-0.05, 0) is 26.0 Å². The lowest BCUT2D eigenvalue weighted by molar-refractivity contribution is -0.139. The number of carbonyl (C=O) groups is 2. The molecular weight excluding hydrogens is 312 g/mol. The quantitative estimate of drug-likeness (QED) is 0.836. The Bertz CT molecular complexity index is 684. The summed E-state index contributed by atoms with van der Waals surface area (Å²) in [5, 5.41) is 2.82. The highest BCUT2D eigenvalue weighted by Crippen LogP contribution is 2.37. The van der Waals surface area contributed by atoms with E-state index < -0.39 is 12.0 Å². The minimum atomic E-state index is -0.659. The zero-order valence-corrected chi connectivity index (χ0v) is 14.5. The van der Waals surface area contributed by atoms with E-state index in [-0.39, 0.29) is 12.6 Å². The maximum atomic E-state index is 12.4. The van der Waals surface area contributed by atoms with Gasteiger partial charge in [0.1, 0.15) is 11.5 Å². The zero-order chi connectivity index (χ0) is 17.9. The average molecular weight is 334 g/mol. The molecule has 0 unspecified atom stereocenters. The van der Waals surface area contributed by atoms with Gasteiger partial charge in [-0.2, -0.15) is 0 Å². The van der Waals surface area contributed by atoms with Crippen LogP contribution in [0.4, 0.5) is 4.79 Å². The van der Waals surface area contributed by atoms with E-state index in [1.165, 1.54) is 12.0 Å². The lowest BCUT2D eigenvalue weighted by Gasteiger charge is -2.33. The van der Waals surface area contributed by atoms with Gasteiger partial charge >= 0.3 is 12.0 Å². The Hall–Kier alpha value is -2.70. The maximum Gasteiger partial charge on any atom is 0.338 e. The van der Waals surface area contributed by atoms with Gasteiger partial charge in [0.05, 0.1) is 32.4 Å². The first kappa shape index (κ1) is 17.7. The van der Waals surface area contributed by atoms with Crippen LogP contribution in [0.25, 0.3) is 0 Å². The summed E-state index contributed by atoms with van der Waals surface area (Å²) in [5.74, 6) is 0.664. The molecule has 0 saturated carbocycles. The number of allylic oxidation sites excluding steroid dienone is 1. The summed E-state index contributed by atoms with van der Waals surface area (Å²) in [4.78, 5) is 26.0. The van der Waals surface area contributed by atoms with Gasteiger partial charge in [-0.1, -0.05) is 0 Å². The van der Waals surface area contributed by atoms with Crippen molar-refractivity contribution < 1.29 is 23.8 Å². The van der Waals surface area contributed by atoms with Crippen LogP contribution in [-0.2, 0) is 9.53 Å². The molecule has 1 heterocycles. The Kier molecular flexibility index (Phi) is 5.33. The molecule has 0 fully saturated rings. The normalized spacial score (nSPS) is 17.5. The Morgan fingerprint density at radius 3 is 2.58 bits per heavy atom. The molecule has 1 aromatic rings. The molecule has 0 spiro atoms. The van der Waals surface area contributed by atoms with Gasteiger partial charge in [-0.25, -0.2) is 9.59 Å². The summed E-state index contributed by atoms with van der Waals surface area (Å²) < 4.78 is 15.8. The fourth-order valence-electron chi connectivity index (χ4n) is 2.60. The van der Waals surface area contributed by atoms with Crippen LogP contribution in [0, 0.1) is 0 Å². The molecule has 130 valence electrons. The average Bonchev–Trinajstić information content (AvgIpc) is 2.58. The number of hydrogen-bond acceptors (Lipinski definition) is 5. The fourth-order valence-corrected chi connectivity index (χ4v) is 2.60. The second-order valence-corrected chi connectivity index (χ2v) is 5.27. The number of amides is 2. The van der Waals surface area contributed by atoms with E-state index in [0.717, 1.165) is 0 Å². The van der Waals surface area contributed by atoms with Crippen molar-refractivity contribution >= 4 is 12.0 Å². The van der Waals surface area contributed by atoms with E-state index in [1.54, 1.807) is 46.2 Å². The summed E-state index contributed by atoms with van der Waals surface area (Å²) in [6.45, 7) is 3.70. The second kappa shape index (κ2) is 7.25. The van der Waals surface area contributed by atoms with E-state index in [4.69, 9.17) is 14.2 Å². The predicted octanol–water partition coefficient (Wildman–Crippen LogP) is 2.24. The molecule has 2 amide bonds. The van der Waals surface area contributed by atoms with Crippen LogP contribution in [0.2, 0.25) is 0 Å². The molecule has 1 aromatic carbocycles. The largest absolute Gasteiger partial charge is 0.497 e. The molecule has 0 bridgehead atoms. The summed E-state index contributed by atoms with van der Waals surface area (Å²) in [5.41, 5.74) is 1.57. The monoisotopic (exact) mass is 334 g/mol. The number of nitrogens with one attached hydrogen (secondary N) is 1. The summed E-state index contributed by atoms with van der Waals surface area (Å²) in [6.07, 6.45) is 0. The first-order chi connectivity index (χ1) is 11.4. The van der Waals surface area contributed by atoms with Crippen molar-refractivity contribution in [3.8, 4) is 11.5 Å². The summed E-state index contributed by atoms with van der Waals surface area (Å²) >= 11 is 0. The molecule has 0 saturated heterocycles. The third kappa shape index (κ3) is 3.15. The first-order valence-corrected chi connectivity index (χ1v) is 7.58. The highest BCUT2D eigenvalue weighted by Gasteiger charge is 2.36. The smallest absolute Gasteiger partial charge is 0.338 e. The number of carbonyl (C=O) groups excluding carboxylic acids is 2. The molecular formula is C17H22N2O5. The van der Waals surface area contributed by atoms with Crippen LogP contribution >= 0.6 is 0 Å². The molecule has 1 N–H and O–H groups in total. The van der Waals surface area contributed by atoms with Crippen LogP contribution in [-0.4, -0.2) is 44.8 Å². The van der Waals surface area contributed by atoms with Crippen molar-refractivity contribution in [3.05, 3.63) is 35.0 Å². The lowest BCUT2D eigenvalue weighted by Crippen LogP contribution is -2.46. The van der Waals surface area contributed by atoms with E-state index in [0.29, 0.717) is 28.3 Å². The molecule has 1 atom stereocenters. The van der Waals surface area contributed by atoms with E-state index in [9.17, 15) is 9.59 Å². The maximum absolute atomic E-state index is 12.4. The van der Waals surface area contributed by atoms with Gasteiger partial charge in [0, 0.05) is 24.4 Å². The standard InChI is InChI=1S/C17H22N2O5/c1-6-24-16(20)14-10(2)19(3)17(21)18-15(14)12-8-7-11(22-4)9-13(12)23-5/h7-9,15H,6H2,1-5H3,(H,18,21)/t15-/m1/s1. The van der Waals surface area contributed by atoms with Crippen molar-refractivity contribution in [2.75, 3.05) is 27.9 Å². The number of benzene rings is 1. The summed E-state index contributed by atoms with van der Waals surface area (Å²) in [7, 11) is 4.68. The zero-order valence-electron chi connectivity index (χ0n) is 14.5. The minimum absolute atomic E-state index is 0.250. The molecule has 1 aliphatic rings. The van der Waals surface area contributed by atoms with Gasteiger partial charge < -0.3 is 24.4 Å². The van der Waals surface area contributed by atoms with E-state index in [1.807, 2.05) is 0 Å². The molecule has 0 aliphatic carbocycles. The van der Waals surface area contributed by atoms with Crippen molar-refractivity contribution in [1.29, 1.82) is 0 Å². The lowest BCUT2D eigenvalue weighted by atomic mass is 9.94. The van der Waals surface area contributed by atoms with Crippen LogP contribution in [0.1, 0.15) is 25.5 Å². The highest BCUT2D eigenvalue weighted by atomic mass is 16.5. The number of nitrogens with zero attached hydrogens (tertiary/aromatic N) is 1. The van der Waals surface area contributed by atoms with Crippen molar-refractivity contribution in [1.82, 2.24) is 10.2 Å². The minimum Gasteiger partial charge on any atom is -0.497 e. The third-order valence-corrected chi connectivity index (χ3v) is 4.00. The molecule has 1 aliphatic heterocycles. The Labute approximate surface area is 141 Å². The summed E-state index contributed by atoms with van der Waals surface area (Å²) in [6, 6.07) is 4.26. The van der Waals surface area contributed by atoms with Gasteiger partial charge in [0.15, 0.2) is 0 Å². The van der Waals surface area contributed by atoms with Gasteiger partial charge in [0.25, 0.3) is 0 Å². The number of rotatable bonds is 5. The van der Waals surface area contributed by atoms with Crippen molar-refractivity contribution in [3.63, 3.8) is 0 Å². The van der Waals surface area contributed by atoms with Crippen LogP contribution in [0.3, 0.4) is 0 Å². The topological polar surface area (TPSA) is 77.1 Å². The van der Waals surface area contributed by atoms with Gasteiger partial charge in [0.2, 0.25) is 0 Å². The molecule has 0 radical (unpaired) electrons. The molecule has 0 aromatic heterocycles. The van der Waals surface area contributed by atoms with E-state index >= 15 is 0 Å². The van der Waals surface area contributed by atoms with Gasteiger partial charge in [-0.15, -0.1) is 0 Å². The van der Waals surface area contributed by atoms with Crippen LogP contribution in [0.15, 0.2) is 29.5 Å². The number of methoxy groups -OCH3 is 2. The number of ether oxygens (including phenoxy) is 3. The fraction of sp³-hybridized carbons (Fsp3) is 0.412. The Morgan fingerprint density at radius 2 is 2.00 bits per heavy atom. The van der Waals surface area contributed by atoms with Crippen LogP contribution in [0.5, 0.6) is 11.5 Å². The van der Waals surface area contributed by atoms with E-state index in [2.05, 4.69) is 5.32 Å². The Morgan fingerprint density at radius 1 is 1.29 bits per heavy atom. The second-order valence-electron chi connectivity index (χ2n) is 5.27.